The van der Waals surface area contributed by atoms with Gasteiger partial charge in [0.25, 0.3) is 0 Å². The van der Waals surface area contributed by atoms with Crippen molar-refractivity contribution in [3.63, 3.8) is 0 Å². The van der Waals surface area contributed by atoms with Crippen LogP contribution in [-0.2, 0) is 6.18 Å². The van der Waals surface area contributed by atoms with Crippen LogP contribution in [0.4, 0.5) is 18.3 Å². The molecule has 2 rings (SSSR count). The van der Waals surface area contributed by atoms with Crippen molar-refractivity contribution in [2.75, 3.05) is 11.9 Å². The smallest absolute Gasteiger partial charge is 0.362 e. The molecular formula is C15H17ClF3N3S. The summed E-state index contributed by atoms with van der Waals surface area (Å²) in [6.45, 7) is 2.97. The Morgan fingerprint density at radius 3 is 2.70 bits per heavy atom. The molecular weight excluding hydrogens is 347 g/mol. The molecule has 0 bridgehead atoms. The summed E-state index contributed by atoms with van der Waals surface area (Å²) in [4.78, 5) is 8.14. The number of thiazole rings is 1. The van der Waals surface area contributed by atoms with Gasteiger partial charge in [-0.15, -0.1) is 11.3 Å². The quantitative estimate of drug-likeness (QED) is 0.625. The SMILES string of the molecule is CCCCCCNc1nc(-c2ncc(C(F)(F)F)cc2Cl)cs1. The predicted octanol–water partition coefficient (Wildman–Crippen LogP) is 5.87. The zero-order valence-corrected chi connectivity index (χ0v) is 14.2. The number of anilines is 1. The number of hydrogen-bond acceptors (Lipinski definition) is 4. The molecule has 0 aliphatic rings. The van der Waals surface area contributed by atoms with Gasteiger partial charge in [-0.3, -0.25) is 4.98 Å². The van der Waals surface area contributed by atoms with Gasteiger partial charge in [0.05, 0.1) is 10.6 Å². The van der Waals surface area contributed by atoms with Crippen molar-refractivity contribution in [3.05, 3.63) is 28.2 Å². The first-order valence-electron chi connectivity index (χ1n) is 7.34. The van der Waals surface area contributed by atoms with E-state index in [-0.39, 0.29) is 10.7 Å². The number of alkyl halides is 3. The van der Waals surface area contributed by atoms with E-state index in [9.17, 15) is 13.2 Å². The third kappa shape index (κ3) is 5.07. The number of nitrogens with one attached hydrogen (secondary N) is 1. The number of nitrogens with zero attached hydrogens (tertiary/aromatic N) is 2. The minimum absolute atomic E-state index is 0.0559. The second-order valence-corrected chi connectivity index (χ2v) is 6.34. The van der Waals surface area contributed by atoms with Crippen molar-refractivity contribution in [1.29, 1.82) is 0 Å². The number of unbranched alkanes of at least 4 members (excludes halogenated alkanes) is 3. The fourth-order valence-corrected chi connectivity index (χ4v) is 2.98. The van der Waals surface area contributed by atoms with Crippen molar-refractivity contribution in [1.82, 2.24) is 9.97 Å². The maximum atomic E-state index is 12.6. The molecule has 0 aromatic carbocycles. The largest absolute Gasteiger partial charge is 0.417 e. The van der Waals surface area contributed by atoms with E-state index in [2.05, 4.69) is 22.2 Å². The first-order valence-corrected chi connectivity index (χ1v) is 8.60. The molecule has 8 heteroatoms. The zero-order chi connectivity index (χ0) is 16.9. The second-order valence-electron chi connectivity index (χ2n) is 5.08. The Labute approximate surface area is 141 Å². The molecule has 0 spiro atoms. The van der Waals surface area contributed by atoms with Crippen LogP contribution in [-0.4, -0.2) is 16.5 Å². The summed E-state index contributed by atoms with van der Waals surface area (Å²) in [7, 11) is 0. The molecule has 0 saturated heterocycles. The van der Waals surface area contributed by atoms with Gasteiger partial charge in [0.2, 0.25) is 0 Å². The first-order chi connectivity index (χ1) is 10.9. The van der Waals surface area contributed by atoms with E-state index >= 15 is 0 Å². The summed E-state index contributed by atoms with van der Waals surface area (Å²) in [5.41, 5.74) is -0.129. The van der Waals surface area contributed by atoms with Gasteiger partial charge >= 0.3 is 6.18 Å². The third-order valence-electron chi connectivity index (χ3n) is 3.22. The summed E-state index contributed by atoms with van der Waals surface area (Å²) in [6.07, 6.45) is 0.923. The van der Waals surface area contributed by atoms with Crippen molar-refractivity contribution in [2.45, 2.75) is 38.8 Å². The lowest BCUT2D eigenvalue weighted by atomic mass is 10.2. The molecule has 0 aliphatic carbocycles. The van der Waals surface area contributed by atoms with E-state index in [0.717, 1.165) is 31.6 Å². The fourth-order valence-electron chi connectivity index (χ4n) is 1.99. The van der Waals surface area contributed by atoms with Crippen LogP contribution in [0.2, 0.25) is 5.02 Å². The second kappa shape index (κ2) is 7.97. The maximum Gasteiger partial charge on any atom is 0.417 e. The van der Waals surface area contributed by atoms with E-state index in [0.29, 0.717) is 10.8 Å². The number of halogens is 4. The molecule has 0 saturated carbocycles. The van der Waals surface area contributed by atoms with E-state index in [4.69, 9.17) is 11.6 Å². The van der Waals surface area contributed by atoms with Crippen LogP contribution in [0, 0.1) is 0 Å². The van der Waals surface area contributed by atoms with Gasteiger partial charge in [0.1, 0.15) is 11.4 Å². The van der Waals surface area contributed by atoms with E-state index in [1.165, 1.54) is 24.2 Å². The lowest BCUT2D eigenvalue weighted by Gasteiger charge is -2.07. The minimum Gasteiger partial charge on any atom is -0.362 e. The van der Waals surface area contributed by atoms with E-state index < -0.39 is 11.7 Å². The van der Waals surface area contributed by atoms with Crippen LogP contribution in [0.1, 0.15) is 38.2 Å². The van der Waals surface area contributed by atoms with E-state index in [1.807, 2.05) is 0 Å². The summed E-state index contributed by atoms with van der Waals surface area (Å²) >= 11 is 7.31. The molecule has 0 radical (unpaired) electrons. The highest BCUT2D eigenvalue weighted by molar-refractivity contribution is 7.14. The topological polar surface area (TPSA) is 37.8 Å². The number of aromatic nitrogens is 2. The van der Waals surface area contributed by atoms with Gasteiger partial charge in [-0.1, -0.05) is 37.8 Å². The number of hydrogen-bond donors (Lipinski definition) is 1. The van der Waals surface area contributed by atoms with Crippen LogP contribution in [0.3, 0.4) is 0 Å². The standard InChI is InChI=1S/C15H17ClF3N3S/c1-2-3-4-5-6-20-14-22-12(9-23-14)13-11(16)7-10(8-21-13)15(17,18)19/h7-9H,2-6H2,1H3,(H,20,22). The summed E-state index contributed by atoms with van der Waals surface area (Å²) in [6, 6.07) is 0.876. The van der Waals surface area contributed by atoms with Crippen molar-refractivity contribution < 1.29 is 13.2 Å². The van der Waals surface area contributed by atoms with Crippen LogP contribution >= 0.6 is 22.9 Å². The Morgan fingerprint density at radius 1 is 1.26 bits per heavy atom. The summed E-state index contributed by atoms with van der Waals surface area (Å²) < 4.78 is 37.8. The average molecular weight is 364 g/mol. The lowest BCUT2D eigenvalue weighted by molar-refractivity contribution is -0.137. The van der Waals surface area contributed by atoms with Gasteiger partial charge in [-0.05, 0) is 12.5 Å². The molecule has 1 N–H and O–H groups in total. The highest BCUT2D eigenvalue weighted by Crippen LogP contribution is 2.34. The Kier molecular flexibility index (Phi) is 6.24. The number of rotatable bonds is 7. The fraction of sp³-hybridized carbons (Fsp3) is 0.467. The monoisotopic (exact) mass is 363 g/mol. The molecule has 3 nitrogen and oxygen atoms in total. The Bertz CT molecular complexity index is 643. The molecule has 0 unspecified atom stereocenters. The van der Waals surface area contributed by atoms with Crippen LogP contribution in [0.25, 0.3) is 11.4 Å². The summed E-state index contributed by atoms with van der Waals surface area (Å²) in [5.74, 6) is 0. The Hall–Kier alpha value is -1.34. The molecule has 2 aromatic heterocycles. The maximum absolute atomic E-state index is 12.6. The van der Waals surface area contributed by atoms with E-state index in [1.54, 1.807) is 5.38 Å². The summed E-state index contributed by atoms with van der Waals surface area (Å²) in [5, 5.41) is 5.60. The molecule has 0 aliphatic heterocycles. The normalized spacial score (nSPS) is 11.7. The van der Waals surface area contributed by atoms with Crippen LogP contribution < -0.4 is 5.32 Å². The zero-order valence-electron chi connectivity index (χ0n) is 12.6. The van der Waals surface area contributed by atoms with Crippen molar-refractivity contribution in [2.24, 2.45) is 0 Å². The van der Waals surface area contributed by atoms with Crippen molar-refractivity contribution in [3.8, 4) is 11.4 Å². The third-order valence-corrected chi connectivity index (χ3v) is 4.31. The predicted molar refractivity (Wildman–Crippen MR) is 88.0 cm³/mol. The number of pyridine rings is 1. The molecule has 0 fully saturated rings. The molecule has 0 amide bonds. The first kappa shape index (κ1) is 18.0. The van der Waals surface area contributed by atoms with Gasteiger partial charge in [-0.2, -0.15) is 13.2 Å². The van der Waals surface area contributed by atoms with Crippen LogP contribution in [0.5, 0.6) is 0 Å². The van der Waals surface area contributed by atoms with Gasteiger partial charge in [0.15, 0.2) is 5.13 Å². The minimum atomic E-state index is -4.46. The Morgan fingerprint density at radius 2 is 2.04 bits per heavy atom. The highest BCUT2D eigenvalue weighted by Gasteiger charge is 2.31. The average Bonchev–Trinajstić information content (AvgIpc) is 2.94. The highest BCUT2D eigenvalue weighted by atomic mass is 35.5. The molecule has 2 aromatic rings. The Balaban J connectivity index is 2.03. The van der Waals surface area contributed by atoms with Gasteiger partial charge in [-0.25, -0.2) is 4.98 Å². The van der Waals surface area contributed by atoms with Crippen LogP contribution in [0.15, 0.2) is 17.6 Å². The lowest BCUT2D eigenvalue weighted by Crippen LogP contribution is -2.06. The molecule has 126 valence electrons. The van der Waals surface area contributed by atoms with Crippen molar-refractivity contribution >= 4 is 28.1 Å². The molecule has 2 heterocycles. The van der Waals surface area contributed by atoms with Gasteiger partial charge in [0, 0.05) is 18.1 Å². The molecule has 0 atom stereocenters. The van der Waals surface area contributed by atoms with Gasteiger partial charge < -0.3 is 5.32 Å². The molecule has 23 heavy (non-hydrogen) atoms.